The maximum absolute atomic E-state index is 13.1. The van der Waals surface area contributed by atoms with Crippen LogP contribution >= 0.6 is 23.2 Å². The molecular formula is C27H23Cl2N3O. The fourth-order valence-corrected chi connectivity index (χ4v) is 4.35. The number of carbonyl (C=O) groups is 1. The number of nitrogens with one attached hydrogen (secondary N) is 1. The quantitative estimate of drug-likeness (QED) is 0.245. The van der Waals surface area contributed by atoms with Crippen LogP contribution in [0.25, 0.3) is 5.69 Å². The van der Waals surface area contributed by atoms with E-state index in [0.29, 0.717) is 10.0 Å². The molecular weight excluding hydrogens is 453 g/mol. The van der Waals surface area contributed by atoms with Crippen molar-refractivity contribution in [3.8, 4) is 5.69 Å². The minimum Gasteiger partial charge on any atom is -0.316 e. The molecule has 0 spiro atoms. The zero-order valence-corrected chi connectivity index (χ0v) is 19.8. The molecule has 4 nitrogen and oxygen atoms in total. The Kier molecular flexibility index (Phi) is 6.97. The Bertz CT molecular complexity index is 1260. The summed E-state index contributed by atoms with van der Waals surface area (Å²) in [4.78, 5) is 13.1. The van der Waals surface area contributed by atoms with Crippen LogP contribution in [0.3, 0.4) is 0 Å². The molecule has 0 radical (unpaired) electrons. The lowest BCUT2D eigenvalue weighted by molar-refractivity contribution is -0.121. The third-order valence-electron chi connectivity index (χ3n) is 5.55. The van der Waals surface area contributed by atoms with Crippen LogP contribution in [0.5, 0.6) is 0 Å². The first-order valence-electron chi connectivity index (χ1n) is 10.5. The Morgan fingerprint density at radius 3 is 2.12 bits per heavy atom. The molecule has 0 bridgehead atoms. The molecule has 6 heteroatoms. The SMILES string of the molecule is Cc1cc(/C=N\NC(=O)C(c2ccccc2)c2ccccc2)c(C)n1-c1cccc(Cl)c1Cl. The molecule has 1 heterocycles. The summed E-state index contributed by atoms with van der Waals surface area (Å²) >= 11 is 12.6. The molecule has 0 unspecified atom stereocenters. The van der Waals surface area contributed by atoms with E-state index in [0.717, 1.165) is 33.8 Å². The summed E-state index contributed by atoms with van der Waals surface area (Å²) in [6.07, 6.45) is 1.65. The smallest absolute Gasteiger partial charge is 0.252 e. The Labute approximate surface area is 203 Å². The molecule has 4 aromatic rings. The summed E-state index contributed by atoms with van der Waals surface area (Å²) in [5.74, 6) is -0.655. The van der Waals surface area contributed by atoms with E-state index in [1.165, 1.54) is 0 Å². The van der Waals surface area contributed by atoms with Crippen molar-refractivity contribution >= 4 is 35.3 Å². The van der Waals surface area contributed by atoms with E-state index in [2.05, 4.69) is 10.5 Å². The highest BCUT2D eigenvalue weighted by Gasteiger charge is 2.22. The molecule has 0 atom stereocenters. The zero-order valence-electron chi connectivity index (χ0n) is 18.3. The molecule has 0 aliphatic heterocycles. The summed E-state index contributed by atoms with van der Waals surface area (Å²) < 4.78 is 2.02. The van der Waals surface area contributed by atoms with Gasteiger partial charge in [-0.05, 0) is 43.2 Å². The molecule has 0 saturated heterocycles. The molecule has 1 N–H and O–H groups in total. The van der Waals surface area contributed by atoms with E-state index < -0.39 is 5.92 Å². The van der Waals surface area contributed by atoms with Crippen molar-refractivity contribution < 1.29 is 4.79 Å². The normalized spacial score (nSPS) is 11.3. The van der Waals surface area contributed by atoms with E-state index in [1.807, 2.05) is 97.3 Å². The van der Waals surface area contributed by atoms with Crippen LogP contribution < -0.4 is 5.43 Å². The van der Waals surface area contributed by atoms with Gasteiger partial charge in [0.1, 0.15) is 0 Å². The van der Waals surface area contributed by atoms with Gasteiger partial charge in [-0.1, -0.05) is 89.9 Å². The second-order valence-electron chi connectivity index (χ2n) is 7.72. The predicted octanol–water partition coefficient (Wildman–Crippen LogP) is 6.68. The molecule has 1 amide bonds. The molecule has 4 rings (SSSR count). The number of halogens is 2. The largest absolute Gasteiger partial charge is 0.316 e. The van der Waals surface area contributed by atoms with Crippen LogP contribution in [0.2, 0.25) is 10.0 Å². The Hall–Kier alpha value is -3.34. The Balaban J connectivity index is 1.59. The Morgan fingerprint density at radius 2 is 1.52 bits per heavy atom. The average Bonchev–Trinajstić information content (AvgIpc) is 3.10. The zero-order chi connectivity index (χ0) is 23.4. The highest BCUT2D eigenvalue weighted by molar-refractivity contribution is 6.43. The number of aryl methyl sites for hydroxylation is 1. The van der Waals surface area contributed by atoms with Crippen LogP contribution in [-0.2, 0) is 4.79 Å². The van der Waals surface area contributed by atoms with Gasteiger partial charge in [-0.25, -0.2) is 5.43 Å². The third kappa shape index (κ3) is 4.87. The van der Waals surface area contributed by atoms with Crippen molar-refractivity contribution in [1.29, 1.82) is 0 Å². The summed E-state index contributed by atoms with van der Waals surface area (Å²) in [6, 6.07) is 26.9. The second-order valence-corrected chi connectivity index (χ2v) is 8.51. The van der Waals surface area contributed by atoms with Gasteiger partial charge in [0.2, 0.25) is 0 Å². The highest BCUT2D eigenvalue weighted by Crippen LogP contribution is 2.31. The van der Waals surface area contributed by atoms with E-state index >= 15 is 0 Å². The summed E-state index contributed by atoms with van der Waals surface area (Å²) in [6.45, 7) is 3.96. The summed E-state index contributed by atoms with van der Waals surface area (Å²) in [5.41, 5.74) is 8.13. The van der Waals surface area contributed by atoms with Crippen molar-refractivity contribution in [2.75, 3.05) is 0 Å². The predicted molar refractivity (Wildman–Crippen MR) is 136 cm³/mol. The number of rotatable bonds is 6. The van der Waals surface area contributed by atoms with Gasteiger partial charge in [-0.2, -0.15) is 5.10 Å². The number of aromatic nitrogens is 1. The van der Waals surface area contributed by atoms with Crippen LogP contribution in [0.1, 0.15) is 34.0 Å². The van der Waals surface area contributed by atoms with Gasteiger partial charge >= 0.3 is 0 Å². The summed E-state index contributed by atoms with van der Waals surface area (Å²) in [5, 5.41) is 5.25. The lowest BCUT2D eigenvalue weighted by Crippen LogP contribution is -2.26. The van der Waals surface area contributed by atoms with E-state index in [1.54, 1.807) is 12.3 Å². The number of hydrogen-bond acceptors (Lipinski definition) is 2. The molecule has 3 aromatic carbocycles. The average molecular weight is 476 g/mol. The van der Waals surface area contributed by atoms with Crippen LogP contribution in [0.4, 0.5) is 0 Å². The van der Waals surface area contributed by atoms with Crippen molar-refractivity contribution in [2.45, 2.75) is 19.8 Å². The first kappa shape index (κ1) is 22.8. The maximum atomic E-state index is 13.1. The number of amides is 1. The molecule has 1 aromatic heterocycles. The Morgan fingerprint density at radius 1 is 0.909 bits per heavy atom. The topological polar surface area (TPSA) is 46.4 Å². The molecule has 166 valence electrons. The fraction of sp³-hybridized carbons (Fsp3) is 0.111. The number of hydrazone groups is 1. The van der Waals surface area contributed by atoms with E-state index in [9.17, 15) is 4.79 Å². The van der Waals surface area contributed by atoms with E-state index in [4.69, 9.17) is 23.2 Å². The summed E-state index contributed by atoms with van der Waals surface area (Å²) in [7, 11) is 0. The minimum atomic E-state index is -0.456. The van der Waals surface area contributed by atoms with Crippen LogP contribution in [0, 0.1) is 13.8 Å². The molecule has 33 heavy (non-hydrogen) atoms. The third-order valence-corrected chi connectivity index (χ3v) is 6.36. The van der Waals surface area contributed by atoms with Crippen molar-refractivity contribution in [3.63, 3.8) is 0 Å². The number of nitrogens with zero attached hydrogens (tertiary/aromatic N) is 2. The first-order chi connectivity index (χ1) is 16.0. The highest BCUT2D eigenvalue weighted by atomic mass is 35.5. The lowest BCUT2D eigenvalue weighted by atomic mass is 9.91. The number of benzene rings is 3. The van der Waals surface area contributed by atoms with Gasteiger partial charge in [0.15, 0.2) is 0 Å². The van der Waals surface area contributed by atoms with Crippen molar-refractivity contribution in [2.24, 2.45) is 5.10 Å². The van der Waals surface area contributed by atoms with E-state index in [-0.39, 0.29) is 5.91 Å². The molecule has 0 aliphatic rings. The van der Waals surface area contributed by atoms with Crippen molar-refractivity contribution in [1.82, 2.24) is 9.99 Å². The standard InChI is InChI=1S/C27H23Cl2N3O/c1-18-16-22(19(2)32(18)24-15-9-14-23(28)26(24)29)17-30-31-27(33)25(20-10-5-3-6-11-20)21-12-7-4-8-13-21/h3-17,25H,1-2H3,(H,31,33)/b30-17-. The maximum Gasteiger partial charge on any atom is 0.252 e. The lowest BCUT2D eigenvalue weighted by Gasteiger charge is -2.16. The van der Waals surface area contributed by atoms with Crippen molar-refractivity contribution in [3.05, 3.63) is 123 Å². The molecule has 0 saturated carbocycles. The van der Waals surface area contributed by atoms with Gasteiger partial charge in [-0.3, -0.25) is 4.79 Å². The van der Waals surface area contributed by atoms with Crippen LogP contribution in [-0.4, -0.2) is 16.7 Å². The van der Waals surface area contributed by atoms with Gasteiger partial charge in [0.05, 0.1) is 27.9 Å². The molecule has 0 fully saturated rings. The van der Waals surface area contributed by atoms with Gasteiger partial charge in [-0.15, -0.1) is 0 Å². The van der Waals surface area contributed by atoms with Crippen LogP contribution in [0.15, 0.2) is 90.0 Å². The minimum absolute atomic E-state index is 0.199. The first-order valence-corrected chi connectivity index (χ1v) is 11.3. The number of carbonyl (C=O) groups excluding carboxylic acids is 1. The number of hydrogen-bond donors (Lipinski definition) is 1. The monoisotopic (exact) mass is 475 g/mol. The van der Waals surface area contributed by atoms with Gasteiger partial charge in [0, 0.05) is 17.0 Å². The second kappa shape index (κ2) is 10.1. The van der Waals surface area contributed by atoms with Gasteiger partial charge < -0.3 is 4.57 Å². The van der Waals surface area contributed by atoms with Gasteiger partial charge in [0.25, 0.3) is 5.91 Å². The molecule has 0 aliphatic carbocycles. The fourth-order valence-electron chi connectivity index (χ4n) is 3.97.